The van der Waals surface area contributed by atoms with Crippen molar-refractivity contribution in [2.24, 2.45) is 5.92 Å². The molecule has 2 N–H and O–H groups in total. The Morgan fingerprint density at radius 1 is 1.05 bits per heavy atom. The minimum atomic E-state index is -1.01. The zero-order chi connectivity index (χ0) is 31.4. The lowest BCUT2D eigenvalue weighted by atomic mass is 9.82. The molecule has 1 unspecified atom stereocenters. The highest BCUT2D eigenvalue weighted by atomic mass is 19.1. The number of hydrogen-bond acceptors (Lipinski definition) is 6. The average Bonchev–Trinajstić information content (AvgIpc) is 3.64. The summed E-state index contributed by atoms with van der Waals surface area (Å²) in [5.74, 6) is -3.05. The molecule has 1 fully saturated rings. The van der Waals surface area contributed by atoms with Crippen LogP contribution in [0.25, 0.3) is 0 Å². The van der Waals surface area contributed by atoms with Gasteiger partial charge in [-0.1, -0.05) is 55.8 Å². The van der Waals surface area contributed by atoms with Gasteiger partial charge in [-0.3, -0.25) is 14.5 Å². The van der Waals surface area contributed by atoms with E-state index in [0.29, 0.717) is 12.2 Å². The number of carboxylic acids is 1. The Balaban J connectivity index is 1.48. The second kappa shape index (κ2) is 13.8. The van der Waals surface area contributed by atoms with E-state index in [0.717, 1.165) is 59.2 Å². The standard InChI is InChI=1S/C35H41FN2O6/c1-5-23-14-21(3)15-24(6-2)32(23)37-30(39)19-38-18-27(26-16-28(36)34-29(17-26)43-20-44-34)31(35(40)41)33(38)25-11-9-22(10-12-25)8-7-13-42-4/h9-12,14-17,27,31,33H,5-8,13,18-20H2,1-4H3,(H,37,39)(H,40,41)/t27-,31?,33+/m1/s1. The third-order valence-corrected chi connectivity index (χ3v) is 8.72. The van der Waals surface area contributed by atoms with Crippen molar-refractivity contribution in [3.63, 3.8) is 0 Å². The van der Waals surface area contributed by atoms with E-state index in [4.69, 9.17) is 14.2 Å². The summed E-state index contributed by atoms with van der Waals surface area (Å²) >= 11 is 0. The van der Waals surface area contributed by atoms with Crippen molar-refractivity contribution in [1.82, 2.24) is 4.90 Å². The minimum absolute atomic E-state index is 0.0201. The number of aryl methyl sites for hydroxylation is 4. The summed E-state index contributed by atoms with van der Waals surface area (Å²) in [5.41, 5.74) is 6.51. The smallest absolute Gasteiger partial charge is 0.309 e. The average molecular weight is 605 g/mol. The number of anilines is 1. The van der Waals surface area contributed by atoms with E-state index in [1.165, 1.54) is 6.07 Å². The van der Waals surface area contributed by atoms with Crippen LogP contribution in [0.3, 0.4) is 0 Å². The first-order valence-electron chi connectivity index (χ1n) is 15.3. The van der Waals surface area contributed by atoms with Crippen LogP contribution in [0.15, 0.2) is 48.5 Å². The van der Waals surface area contributed by atoms with E-state index in [1.54, 1.807) is 13.2 Å². The van der Waals surface area contributed by atoms with Gasteiger partial charge in [0, 0.05) is 37.9 Å². The lowest BCUT2D eigenvalue weighted by Crippen LogP contribution is -2.35. The van der Waals surface area contributed by atoms with Gasteiger partial charge >= 0.3 is 5.97 Å². The van der Waals surface area contributed by atoms with Crippen molar-refractivity contribution in [3.05, 3.63) is 87.7 Å². The highest BCUT2D eigenvalue weighted by Gasteiger charge is 2.48. The van der Waals surface area contributed by atoms with Gasteiger partial charge in [0.1, 0.15) is 0 Å². The molecule has 9 heteroatoms. The summed E-state index contributed by atoms with van der Waals surface area (Å²) in [5, 5.41) is 13.7. The quantitative estimate of drug-likeness (QED) is 0.243. The number of rotatable bonds is 12. The second-order valence-corrected chi connectivity index (χ2v) is 11.6. The van der Waals surface area contributed by atoms with Crippen molar-refractivity contribution >= 4 is 17.6 Å². The number of benzene rings is 3. The van der Waals surface area contributed by atoms with Crippen molar-refractivity contribution in [1.29, 1.82) is 0 Å². The van der Waals surface area contributed by atoms with Crippen LogP contribution in [0.2, 0.25) is 0 Å². The van der Waals surface area contributed by atoms with Gasteiger partial charge in [0.05, 0.1) is 12.5 Å². The molecule has 44 heavy (non-hydrogen) atoms. The van der Waals surface area contributed by atoms with Crippen LogP contribution < -0.4 is 14.8 Å². The fourth-order valence-electron chi connectivity index (χ4n) is 6.65. The van der Waals surface area contributed by atoms with Gasteiger partial charge in [-0.15, -0.1) is 0 Å². The number of likely N-dealkylation sites (tertiary alicyclic amines) is 1. The normalized spacial score (nSPS) is 19.3. The van der Waals surface area contributed by atoms with Gasteiger partial charge in [-0.05, 0) is 72.6 Å². The Morgan fingerprint density at radius 3 is 2.39 bits per heavy atom. The summed E-state index contributed by atoms with van der Waals surface area (Å²) in [4.78, 5) is 28.6. The van der Waals surface area contributed by atoms with Gasteiger partial charge in [0.25, 0.3) is 0 Å². The molecule has 0 bridgehead atoms. The lowest BCUT2D eigenvalue weighted by molar-refractivity contribution is -0.143. The van der Waals surface area contributed by atoms with Crippen LogP contribution in [0.1, 0.15) is 65.6 Å². The zero-order valence-corrected chi connectivity index (χ0v) is 25.8. The molecule has 0 saturated carbocycles. The Kier molecular flexibility index (Phi) is 9.86. The van der Waals surface area contributed by atoms with Crippen molar-refractivity contribution in [2.75, 3.05) is 38.9 Å². The Labute approximate surface area is 258 Å². The van der Waals surface area contributed by atoms with Crippen LogP contribution in [0.4, 0.5) is 10.1 Å². The molecule has 3 aromatic carbocycles. The second-order valence-electron chi connectivity index (χ2n) is 11.6. The highest BCUT2D eigenvalue weighted by Crippen LogP contribution is 2.48. The molecule has 0 radical (unpaired) electrons. The van der Waals surface area contributed by atoms with Gasteiger partial charge in [0.2, 0.25) is 18.4 Å². The van der Waals surface area contributed by atoms with E-state index in [2.05, 4.69) is 31.3 Å². The summed E-state index contributed by atoms with van der Waals surface area (Å²) < 4.78 is 30.9. The molecule has 0 aliphatic carbocycles. The molecule has 3 atom stereocenters. The first-order chi connectivity index (χ1) is 21.2. The number of nitrogens with one attached hydrogen (secondary N) is 1. The number of hydrogen-bond donors (Lipinski definition) is 2. The zero-order valence-electron chi connectivity index (χ0n) is 25.8. The highest BCUT2D eigenvalue weighted by molar-refractivity contribution is 5.94. The largest absolute Gasteiger partial charge is 0.481 e. The van der Waals surface area contributed by atoms with Crippen LogP contribution >= 0.6 is 0 Å². The number of methoxy groups -OCH3 is 1. The van der Waals surface area contributed by atoms with Crippen molar-refractivity contribution < 1.29 is 33.3 Å². The predicted octanol–water partition coefficient (Wildman–Crippen LogP) is 6.05. The summed E-state index contributed by atoms with van der Waals surface area (Å²) in [6.07, 6.45) is 3.25. The topological polar surface area (TPSA) is 97.3 Å². The number of aliphatic carboxylic acids is 1. The lowest BCUT2D eigenvalue weighted by Gasteiger charge is -2.27. The minimum Gasteiger partial charge on any atom is -0.481 e. The van der Waals surface area contributed by atoms with Crippen LogP contribution in [0, 0.1) is 18.7 Å². The van der Waals surface area contributed by atoms with Gasteiger partial charge in [0.15, 0.2) is 11.6 Å². The molecule has 1 amide bonds. The number of carboxylic acid groups (broad SMARTS) is 1. The molecule has 0 spiro atoms. The van der Waals surface area contributed by atoms with Crippen molar-refractivity contribution in [3.8, 4) is 11.5 Å². The maximum atomic E-state index is 15.0. The fraction of sp³-hybridized carbons (Fsp3) is 0.429. The monoisotopic (exact) mass is 604 g/mol. The third kappa shape index (κ3) is 6.59. The molecule has 3 aromatic rings. The molecular weight excluding hydrogens is 563 g/mol. The number of ether oxygens (including phenoxy) is 3. The molecule has 234 valence electrons. The number of nitrogens with zero attached hydrogens (tertiary/aromatic N) is 1. The Bertz CT molecular complexity index is 1480. The van der Waals surface area contributed by atoms with Gasteiger partial charge in [-0.2, -0.15) is 0 Å². The number of halogens is 1. The predicted molar refractivity (Wildman–Crippen MR) is 166 cm³/mol. The Hall–Kier alpha value is -3.95. The molecule has 2 aliphatic heterocycles. The molecule has 2 aliphatic rings. The van der Waals surface area contributed by atoms with E-state index in [1.807, 2.05) is 36.1 Å². The number of carbonyl (C=O) groups excluding carboxylic acids is 1. The van der Waals surface area contributed by atoms with Gasteiger partial charge in [-0.25, -0.2) is 4.39 Å². The molecule has 0 aromatic heterocycles. The number of carbonyl (C=O) groups is 2. The van der Waals surface area contributed by atoms with Crippen LogP contribution in [-0.4, -0.2) is 55.5 Å². The summed E-state index contributed by atoms with van der Waals surface area (Å²) in [6.45, 7) is 6.96. The first kappa shape index (κ1) is 31.5. The fourth-order valence-corrected chi connectivity index (χ4v) is 6.65. The summed E-state index contributed by atoms with van der Waals surface area (Å²) in [6, 6.07) is 14.5. The Morgan fingerprint density at radius 2 is 1.75 bits per heavy atom. The third-order valence-electron chi connectivity index (χ3n) is 8.72. The summed E-state index contributed by atoms with van der Waals surface area (Å²) in [7, 11) is 1.67. The first-order valence-corrected chi connectivity index (χ1v) is 15.3. The van der Waals surface area contributed by atoms with E-state index in [-0.39, 0.29) is 37.3 Å². The van der Waals surface area contributed by atoms with Crippen LogP contribution in [0.5, 0.6) is 11.5 Å². The molecule has 8 nitrogen and oxygen atoms in total. The van der Waals surface area contributed by atoms with E-state index >= 15 is 4.39 Å². The van der Waals surface area contributed by atoms with E-state index in [9.17, 15) is 14.7 Å². The number of fused-ring (bicyclic) bond motifs is 1. The molecule has 5 rings (SSSR count). The maximum absolute atomic E-state index is 15.0. The SMILES string of the molecule is CCc1cc(C)cc(CC)c1NC(=O)CN1C[C@H](c2cc(F)c3c(c2)OCO3)C(C(=O)O)[C@@H]1c1ccc(CCCOC)cc1. The van der Waals surface area contributed by atoms with Crippen LogP contribution in [-0.2, 0) is 33.6 Å². The van der Waals surface area contributed by atoms with E-state index < -0.39 is 29.7 Å². The number of amides is 1. The molecule has 1 saturated heterocycles. The van der Waals surface area contributed by atoms with Gasteiger partial charge < -0.3 is 24.6 Å². The molecule has 2 heterocycles. The maximum Gasteiger partial charge on any atom is 0.309 e. The molecular formula is C35H41FN2O6. The van der Waals surface area contributed by atoms with Crippen molar-refractivity contribution in [2.45, 2.75) is 58.4 Å².